The summed E-state index contributed by atoms with van der Waals surface area (Å²) >= 11 is 0. The summed E-state index contributed by atoms with van der Waals surface area (Å²) in [5.74, 6) is 0.0871. The fourth-order valence-corrected chi connectivity index (χ4v) is 3.10. The standard InChI is InChI=1S/C20H28F2N2O4/c1-26-14-4-10-23-9-3-11-24(13-12-23)19(25)8-6-16-5-7-17(28-20(21)22)18(15-16)27-2/h5-8,15,20H,3-4,9-14H2,1-2H3/b8-6+. The minimum absolute atomic E-state index is 0.0398. The number of carbonyl (C=O) groups excluding carboxylic acids is 1. The molecular formula is C20H28F2N2O4. The van der Waals surface area contributed by atoms with Gasteiger partial charge >= 0.3 is 6.61 Å². The zero-order valence-corrected chi connectivity index (χ0v) is 16.4. The molecular weight excluding hydrogens is 370 g/mol. The Bertz CT molecular complexity index is 655. The van der Waals surface area contributed by atoms with Crippen LogP contribution in [0.15, 0.2) is 24.3 Å². The highest BCUT2D eigenvalue weighted by molar-refractivity contribution is 5.91. The molecule has 2 rings (SSSR count). The normalized spacial score (nSPS) is 15.8. The molecule has 0 N–H and O–H groups in total. The van der Waals surface area contributed by atoms with Gasteiger partial charge in [0.25, 0.3) is 0 Å². The second-order valence-electron chi connectivity index (χ2n) is 6.49. The number of methoxy groups -OCH3 is 2. The molecule has 1 fully saturated rings. The maximum Gasteiger partial charge on any atom is 0.387 e. The summed E-state index contributed by atoms with van der Waals surface area (Å²) < 4.78 is 39.3. The summed E-state index contributed by atoms with van der Waals surface area (Å²) in [6.07, 6.45) is 5.07. The van der Waals surface area contributed by atoms with Crippen molar-refractivity contribution in [2.24, 2.45) is 0 Å². The smallest absolute Gasteiger partial charge is 0.387 e. The first kappa shape index (κ1) is 22.1. The summed E-state index contributed by atoms with van der Waals surface area (Å²) in [6, 6.07) is 4.56. The average Bonchev–Trinajstić information content (AvgIpc) is 2.92. The molecule has 1 aliphatic rings. The molecule has 1 saturated heterocycles. The molecule has 0 unspecified atom stereocenters. The third-order valence-corrected chi connectivity index (χ3v) is 4.55. The van der Waals surface area contributed by atoms with Gasteiger partial charge in [0.1, 0.15) is 0 Å². The molecule has 1 aliphatic heterocycles. The van der Waals surface area contributed by atoms with Gasteiger partial charge in [0.05, 0.1) is 7.11 Å². The number of halogens is 2. The third-order valence-electron chi connectivity index (χ3n) is 4.55. The van der Waals surface area contributed by atoms with E-state index in [4.69, 9.17) is 9.47 Å². The van der Waals surface area contributed by atoms with E-state index in [0.29, 0.717) is 18.7 Å². The second-order valence-corrected chi connectivity index (χ2v) is 6.49. The first-order valence-electron chi connectivity index (χ1n) is 9.34. The van der Waals surface area contributed by atoms with Crippen molar-refractivity contribution >= 4 is 12.0 Å². The Hall–Kier alpha value is -2.19. The number of alkyl halides is 2. The average molecular weight is 398 g/mol. The van der Waals surface area contributed by atoms with E-state index in [-0.39, 0.29) is 17.4 Å². The van der Waals surface area contributed by atoms with Gasteiger partial charge in [0.15, 0.2) is 11.5 Å². The van der Waals surface area contributed by atoms with Crippen LogP contribution in [0, 0.1) is 0 Å². The van der Waals surface area contributed by atoms with Gasteiger partial charge in [-0.3, -0.25) is 4.79 Å². The van der Waals surface area contributed by atoms with Gasteiger partial charge in [-0.05, 0) is 43.2 Å². The molecule has 1 heterocycles. The number of rotatable bonds is 9. The van der Waals surface area contributed by atoms with E-state index in [1.54, 1.807) is 25.3 Å². The highest BCUT2D eigenvalue weighted by Crippen LogP contribution is 2.29. The van der Waals surface area contributed by atoms with Gasteiger partial charge in [-0.2, -0.15) is 8.78 Å². The molecule has 1 amide bonds. The maximum atomic E-state index is 12.5. The van der Waals surface area contributed by atoms with E-state index in [1.807, 2.05) is 4.90 Å². The number of nitrogens with zero attached hydrogens (tertiary/aromatic N) is 2. The van der Waals surface area contributed by atoms with Crippen LogP contribution < -0.4 is 9.47 Å². The van der Waals surface area contributed by atoms with Crippen molar-refractivity contribution in [3.63, 3.8) is 0 Å². The topological polar surface area (TPSA) is 51.2 Å². The van der Waals surface area contributed by atoms with E-state index < -0.39 is 6.61 Å². The molecule has 1 aromatic rings. The monoisotopic (exact) mass is 398 g/mol. The van der Waals surface area contributed by atoms with E-state index >= 15 is 0 Å². The lowest BCUT2D eigenvalue weighted by Crippen LogP contribution is -2.34. The van der Waals surface area contributed by atoms with Gasteiger partial charge in [-0.1, -0.05) is 6.07 Å². The molecule has 8 heteroatoms. The molecule has 0 saturated carbocycles. The van der Waals surface area contributed by atoms with Crippen molar-refractivity contribution in [3.8, 4) is 11.5 Å². The molecule has 0 bridgehead atoms. The lowest BCUT2D eigenvalue weighted by molar-refractivity contribution is -0.125. The predicted molar refractivity (Wildman–Crippen MR) is 103 cm³/mol. The van der Waals surface area contributed by atoms with Crippen LogP contribution in [0.3, 0.4) is 0 Å². The van der Waals surface area contributed by atoms with Crippen molar-refractivity contribution in [2.75, 3.05) is 53.6 Å². The number of hydrogen-bond acceptors (Lipinski definition) is 5. The fraction of sp³-hybridized carbons (Fsp3) is 0.550. The summed E-state index contributed by atoms with van der Waals surface area (Å²) in [5.41, 5.74) is 0.669. The maximum absolute atomic E-state index is 12.5. The van der Waals surface area contributed by atoms with Crippen LogP contribution in [0.5, 0.6) is 11.5 Å². The minimum atomic E-state index is -2.92. The molecule has 0 radical (unpaired) electrons. The largest absolute Gasteiger partial charge is 0.493 e. The van der Waals surface area contributed by atoms with Crippen molar-refractivity contribution in [3.05, 3.63) is 29.8 Å². The van der Waals surface area contributed by atoms with Crippen molar-refractivity contribution in [1.29, 1.82) is 0 Å². The number of ether oxygens (including phenoxy) is 3. The van der Waals surface area contributed by atoms with Gasteiger partial charge in [0, 0.05) is 46.0 Å². The van der Waals surface area contributed by atoms with Gasteiger partial charge in [-0.15, -0.1) is 0 Å². The number of amides is 1. The third kappa shape index (κ3) is 7.09. The fourth-order valence-electron chi connectivity index (χ4n) is 3.10. The second kappa shape index (κ2) is 11.6. The quantitative estimate of drug-likeness (QED) is 0.473. The Morgan fingerprint density at radius 1 is 1.18 bits per heavy atom. The van der Waals surface area contributed by atoms with Gasteiger partial charge < -0.3 is 24.0 Å². The first-order valence-corrected chi connectivity index (χ1v) is 9.34. The molecule has 1 aromatic carbocycles. The summed E-state index contributed by atoms with van der Waals surface area (Å²) in [5, 5.41) is 0. The van der Waals surface area contributed by atoms with Crippen molar-refractivity contribution in [1.82, 2.24) is 9.80 Å². The molecule has 6 nitrogen and oxygen atoms in total. The lowest BCUT2D eigenvalue weighted by atomic mass is 10.2. The number of benzene rings is 1. The van der Waals surface area contributed by atoms with Crippen LogP contribution in [-0.2, 0) is 9.53 Å². The van der Waals surface area contributed by atoms with Crippen LogP contribution in [0.25, 0.3) is 6.08 Å². The zero-order chi connectivity index (χ0) is 20.4. The zero-order valence-electron chi connectivity index (χ0n) is 16.4. The molecule has 28 heavy (non-hydrogen) atoms. The van der Waals surface area contributed by atoms with Crippen LogP contribution in [0.2, 0.25) is 0 Å². The van der Waals surface area contributed by atoms with Crippen LogP contribution in [0.4, 0.5) is 8.78 Å². The molecule has 0 spiro atoms. The number of hydrogen-bond donors (Lipinski definition) is 0. The van der Waals surface area contributed by atoms with Crippen LogP contribution in [0.1, 0.15) is 18.4 Å². The van der Waals surface area contributed by atoms with E-state index in [2.05, 4.69) is 9.64 Å². The first-order chi connectivity index (χ1) is 13.5. The summed E-state index contributed by atoms with van der Waals surface area (Å²) in [7, 11) is 3.08. The summed E-state index contributed by atoms with van der Waals surface area (Å²) in [6.45, 7) is 2.01. The van der Waals surface area contributed by atoms with Crippen molar-refractivity contribution in [2.45, 2.75) is 19.5 Å². The highest BCUT2D eigenvalue weighted by Gasteiger charge is 2.17. The molecule has 156 valence electrons. The highest BCUT2D eigenvalue weighted by atomic mass is 19.3. The Morgan fingerprint density at radius 3 is 2.71 bits per heavy atom. The Labute approximate surface area is 164 Å². The SMILES string of the molecule is COCCCN1CCCN(C(=O)/C=C/c2ccc(OC(F)F)c(OC)c2)CC1. The van der Waals surface area contributed by atoms with E-state index in [1.165, 1.54) is 19.3 Å². The van der Waals surface area contributed by atoms with E-state index in [0.717, 1.165) is 39.1 Å². The predicted octanol–water partition coefficient (Wildman–Crippen LogP) is 2.88. The van der Waals surface area contributed by atoms with E-state index in [9.17, 15) is 13.6 Å². The van der Waals surface area contributed by atoms with Crippen LogP contribution in [-0.4, -0.2) is 75.9 Å². The van der Waals surface area contributed by atoms with Gasteiger partial charge in [0.2, 0.25) is 5.91 Å². The Morgan fingerprint density at radius 2 is 2.00 bits per heavy atom. The Kier molecular flexibility index (Phi) is 9.16. The van der Waals surface area contributed by atoms with Crippen LogP contribution >= 0.6 is 0 Å². The lowest BCUT2D eigenvalue weighted by Gasteiger charge is -2.21. The summed E-state index contributed by atoms with van der Waals surface area (Å²) in [4.78, 5) is 16.7. The van der Waals surface area contributed by atoms with Gasteiger partial charge in [-0.25, -0.2) is 0 Å². The molecule has 0 aliphatic carbocycles. The Balaban J connectivity index is 1.92. The number of carbonyl (C=O) groups is 1. The van der Waals surface area contributed by atoms with Crippen molar-refractivity contribution < 1.29 is 27.8 Å². The minimum Gasteiger partial charge on any atom is -0.493 e. The molecule has 0 aromatic heterocycles. The molecule has 0 atom stereocenters.